The van der Waals surface area contributed by atoms with E-state index in [1.54, 1.807) is 0 Å². The molecule has 6 heterocycles. The smallest absolute Gasteiger partial charge is 0.335 e. The summed E-state index contributed by atoms with van der Waals surface area (Å²) in [6.45, 7) is 2.97. The van der Waals surface area contributed by atoms with E-state index in [0.717, 1.165) is 6.92 Å². The van der Waals surface area contributed by atoms with Crippen LogP contribution in [0.2, 0.25) is 0 Å². The number of aliphatic hydroxyl groups excluding tert-OH is 8. The number of amides is 1. The number of hydrogen-bond acceptors (Lipinski definition) is 18. The van der Waals surface area contributed by atoms with Crippen LogP contribution in [0, 0.1) is 0 Å². The lowest BCUT2D eigenvalue weighted by Gasteiger charge is -2.49. The Hall–Kier alpha value is -1.70. The van der Waals surface area contributed by atoms with E-state index in [1.807, 2.05) is 0 Å². The predicted octanol–water partition coefficient (Wildman–Crippen LogP) is -6.41. The van der Waals surface area contributed by atoms with Crippen LogP contribution < -0.4 is 5.32 Å². The average Bonchev–Trinajstić information content (AvgIpc) is 3.00. The Morgan fingerprint density at radius 1 is 0.565 bits per heavy atom. The molecule has 6 saturated heterocycles. The van der Waals surface area contributed by atoms with Crippen LogP contribution in [0.25, 0.3) is 0 Å². The van der Waals surface area contributed by atoms with Crippen LogP contribution in [-0.4, -0.2) is 187 Å². The lowest BCUT2D eigenvalue weighted by atomic mass is 9.94. The molecule has 0 radical (unpaired) electrons. The first-order valence-electron chi connectivity index (χ1n) is 14.8. The minimum absolute atomic E-state index is 0.722. The van der Waals surface area contributed by atoms with Crippen LogP contribution in [0.4, 0.5) is 0 Å². The van der Waals surface area contributed by atoms with Gasteiger partial charge in [-0.2, -0.15) is 0 Å². The van der Waals surface area contributed by atoms with Gasteiger partial charge in [0.05, 0.1) is 18.8 Å². The third-order valence-corrected chi connectivity index (χ3v) is 8.75. The van der Waals surface area contributed by atoms with Crippen molar-refractivity contribution in [3.05, 3.63) is 0 Å². The summed E-state index contributed by atoms with van der Waals surface area (Å²) in [4.78, 5) is 24.6. The molecule has 20 heteroatoms. The molecule has 0 spiro atoms. The fraction of sp³-hybridized carbons (Fsp3) is 0.923. The topological polar surface area (TPSA) is 302 Å². The zero-order chi connectivity index (χ0) is 33.8. The fourth-order valence-electron chi connectivity index (χ4n) is 6.17. The monoisotopic (exact) mass is 671 g/mol. The lowest BCUT2D eigenvalue weighted by molar-refractivity contribution is -0.389. The van der Waals surface area contributed by atoms with E-state index in [9.17, 15) is 55.5 Å². The molecule has 0 aliphatic carbocycles. The maximum atomic E-state index is 12.3. The Morgan fingerprint density at radius 3 is 1.54 bits per heavy atom. The SMILES string of the molecule is CC(=O)N[C@H]1[C@@H]2O[C@H]3[C@H](O[C@H]4[C@H](O[C@@H]5[C@H](O)[C@@H](O)[C@H](O[C@H]1[C@@H](O)[C@@H](CO)O2)O[C@@H]5C(=O)O)O[C@@H](C)[C@H](O)[C@H]4O)O[C@@H](C)[C@H](O)[C@H]3O. The van der Waals surface area contributed by atoms with Gasteiger partial charge < -0.3 is 89.2 Å². The molecule has 264 valence electrons. The molecule has 6 fully saturated rings. The first-order chi connectivity index (χ1) is 21.6. The van der Waals surface area contributed by atoms with Crippen molar-refractivity contribution in [2.24, 2.45) is 0 Å². The molecule has 6 aliphatic rings. The molecule has 0 saturated carbocycles. The molecule has 20 nitrogen and oxygen atoms in total. The Labute approximate surface area is 261 Å². The maximum Gasteiger partial charge on any atom is 0.335 e. The highest BCUT2D eigenvalue weighted by Crippen LogP contribution is 2.37. The van der Waals surface area contributed by atoms with Crippen LogP contribution in [0.1, 0.15) is 20.8 Å². The number of aliphatic carboxylic acids is 1. The molecule has 10 N–H and O–H groups in total. The molecular formula is C26H41NO19. The van der Waals surface area contributed by atoms with Gasteiger partial charge in [0.15, 0.2) is 31.3 Å². The van der Waals surface area contributed by atoms with Crippen molar-refractivity contribution in [2.45, 2.75) is 144 Å². The second-order valence-corrected chi connectivity index (χ2v) is 12.0. The Kier molecular flexibility index (Phi) is 10.9. The van der Waals surface area contributed by atoms with E-state index in [0.29, 0.717) is 0 Å². The molecule has 1 amide bonds. The Balaban J connectivity index is 1.64. The normalized spacial score (nSPS) is 53.2. The van der Waals surface area contributed by atoms with Gasteiger partial charge in [0.2, 0.25) is 5.91 Å². The van der Waals surface area contributed by atoms with Gasteiger partial charge in [0.25, 0.3) is 0 Å². The first kappa shape index (κ1) is 35.6. The maximum absolute atomic E-state index is 12.3. The molecule has 0 aromatic carbocycles. The quantitative estimate of drug-likeness (QED) is 0.133. The van der Waals surface area contributed by atoms with Crippen molar-refractivity contribution in [3.8, 4) is 0 Å². The van der Waals surface area contributed by atoms with Crippen LogP contribution in [0.3, 0.4) is 0 Å². The number of carboxylic acids is 1. The summed E-state index contributed by atoms with van der Waals surface area (Å²) in [7, 11) is 0. The van der Waals surface area contributed by atoms with Crippen molar-refractivity contribution in [3.63, 3.8) is 0 Å². The predicted molar refractivity (Wildman–Crippen MR) is 140 cm³/mol. The van der Waals surface area contributed by atoms with Crippen LogP contribution in [-0.2, 0) is 47.5 Å². The molecule has 6 aliphatic heterocycles. The van der Waals surface area contributed by atoms with Gasteiger partial charge in [-0.15, -0.1) is 0 Å². The van der Waals surface area contributed by atoms with Crippen molar-refractivity contribution in [2.75, 3.05) is 6.61 Å². The fourth-order valence-corrected chi connectivity index (χ4v) is 6.17. The summed E-state index contributed by atoms with van der Waals surface area (Å²) < 4.78 is 46.2. The number of carboxylic acid groups (broad SMARTS) is 1. The second-order valence-electron chi connectivity index (χ2n) is 12.0. The highest BCUT2D eigenvalue weighted by Gasteiger charge is 2.58. The number of carbonyl (C=O) groups excluding carboxylic acids is 1. The lowest BCUT2D eigenvalue weighted by Crippen LogP contribution is -2.69. The molecule has 46 heavy (non-hydrogen) atoms. The molecule has 20 atom stereocenters. The summed E-state index contributed by atoms with van der Waals surface area (Å²) in [5.41, 5.74) is 0. The Morgan fingerprint density at radius 2 is 1.04 bits per heavy atom. The molecule has 4 bridgehead atoms. The standard InChI is InChI=1S/C26H41NO19/c1-5-11(31)14(34)20-25(39-5)43-18-15(35)16(36)24(46-21(18)22(37)38)42-17-9(27-7(3)29)23(41-8(4-28)12(17)32)44-19-13(33)10(30)6(2)40-26(19)45-20/h5-6,8-21,23-26,28,30-36H,4H2,1-3H3,(H,27,29)(H,37,38)/t5-,6-,8+,9+,10-,11-,12-,13+,14+,15+,16+,17+,18+,19+,20+,21-,23-,24+,25-,26-/m0/s1. The minimum atomic E-state index is -2.08. The van der Waals surface area contributed by atoms with Gasteiger partial charge in [0, 0.05) is 6.92 Å². The summed E-state index contributed by atoms with van der Waals surface area (Å²) >= 11 is 0. The van der Waals surface area contributed by atoms with Crippen LogP contribution >= 0.6 is 0 Å². The zero-order valence-electron chi connectivity index (χ0n) is 24.9. The third-order valence-electron chi connectivity index (χ3n) is 8.75. The van der Waals surface area contributed by atoms with Gasteiger partial charge in [-0.1, -0.05) is 0 Å². The number of aliphatic hydroxyl groups is 8. The highest BCUT2D eigenvalue weighted by atomic mass is 16.8. The van der Waals surface area contributed by atoms with Crippen molar-refractivity contribution >= 4 is 11.9 Å². The number of ether oxygens (including phenoxy) is 8. The van der Waals surface area contributed by atoms with Gasteiger partial charge in [-0.05, 0) is 13.8 Å². The first-order valence-corrected chi connectivity index (χ1v) is 14.8. The van der Waals surface area contributed by atoms with Crippen molar-refractivity contribution in [1.82, 2.24) is 5.32 Å². The largest absolute Gasteiger partial charge is 0.479 e. The van der Waals surface area contributed by atoms with E-state index in [4.69, 9.17) is 37.9 Å². The highest BCUT2D eigenvalue weighted by molar-refractivity contribution is 5.74. The van der Waals surface area contributed by atoms with Gasteiger partial charge in [0.1, 0.15) is 79.3 Å². The Bertz CT molecular complexity index is 1090. The average molecular weight is 672 g/mol. The molecule has 0 aromatic rings. The van der Waals surface area contributed by atoms with Crippen molar-refractivity contribution < 1.29 is 93.4 Å². The number of hydrogen-bond donors (Lipinski definition) is 10. The van der Waals surface area contributed by atoms with Crippen molar-refractivity contribution in [1.29, 1.82) is 0 Å². The molecular weight excluding hydrogens is 630 g/mol. The van der Waals surface area contributed by atoms with E-state index in [2.05, 4.69) is 5.32 Å². The molecule has 0 unspecified atom stereocenters. The molecule has 0 aromatic heterocycles. The van der Waals surface area contributed by atoms with Gasteiger partial charge >= 0.3 is 5.97 Å². The third kappa shape index (κ3) is 6.63. The number of nitrogens with one attached hydrogen (secondary N) is 1. The summed E-state index contributed by atoms with van der Waals surface area (Å²) in [5.74, 6) is -2.42. The summed E-state index contributed by atoms with van der Waals surface area (Å²) in [6.07, 6.45) is -32.9. The molecule has 6 rings (SSSR count). The van der Waals surface area contributed by atoms with Crippen LogP contribution in [0.15, 0.2) is 0 Å². The zero-order valence-corrected chi connectivity index (χ0v) is 24.9. The van der Waals surface area contributed by atoms with Crippen LogP contribution in [0.5, 0.6) is 0 Å². The minimum Gasteiger partial charge on any atom is -0.479 e. The van der Waals surface area contributed by atoms with E-state index < -0.39 is 141 Å². The van der Waals surface area contributed by atoms with E-state index in [1.165, 1.54) is 13.8 Å². The number of carbonyl (C=O) groups is 2. The van der Waals surface area contributed by atoms with E-state index >= 15 is 0 Å². The number of fused-ring (bicyclic) bond motifs is 2. The van der Waals surface area contributed by atoms with Gasteiger partial charge in [-0.25, -0.2) is 4.79 Å². The van der Waals surface area contributed by atoms with E-state index in [-0.39, 0.29) is 0 Å². The second kappa shape index (κ2) is 14.0. The summed E-state index contributed by atoms with van der Waals surface area (Å²) in [5, 5.41) is 99.1. The number of rotatable bonds is 3. The van der Waals surface area contributed by atoms with Gasteiger partial charge in [-0.3, -0.25) is 4.79 Å². The summed E-state index contributed by atoms with van der Waals surface area (Å²) in [6, 6.07) is -1.55.